The van der Waals surface area contributed by atoms with E-state index < -0.39 is 5.97 Å². The minimum absolute atomic E-state index is 0.336. The zero-order valence-electron chi connectivity index (χ0n) is 12.8. The topological polar surface area (TPSA) is 58.6 Å². The van der Waals surface area contributed by atoms with Crippen molar-refractivity contribution in [3.8, 4) is 0 Å². The Bertz CT molecular complexity index is 456. The van der Waals surface area contributed by atoms with E-state index in [0.29, 0.717) is 23.5 Å². The van der Waals surface area contributed by atoms with Crippen LogP contribution in [0.2, 0.25) is 0 Å². The summed E-state index contributed by atoms with van der Waals surface area (Å²) in [4.78, 5) is 10.8. The molecule has 2 N–H and O–H groups in total. The Kier molecular flexibility index (Phi) is 5.76. The first-order chi connectivity index (χ1) is 10.1. The van der Waals surface area contributed by atoms with E-state index in [1.54, 1.807) is 12.1 Å². The number of ether oxygens (including phenoxy) is 1. The van der Waals surface area contributed by atoms with Crippen molar-refractivity contribution in [3.05, 3.63) is 35.4 Å². The quantitative estimate of drug-likeness (QED) is 0.846. The number of nitrogens with one attached hydrogen (secondary N) is 1. The van der Waals surface area contributed by atoms with Gasteiger partial charge in [-0.2, -0.15) is 0 Å². The second kappa shape index (κ2) is 7.57. The predicted molar refractivity (Wildman–Crippen MR) is 82.4 cm³/mol. The van der Waals surface area contributed by atoms with Crippen molar-refractivity contribution in [1.82, 2.24) is 5.32 Å². The van der Waals surface area contributed by atoms with E-state index >= 15 is 0 Å². The molecule has 0 spiro atoms. The maximum absolute atomic E-state index is 10.8. The van der Waals surface area contributed by atoms with Crippen molar-refractivity contribution in [2.45, 2.75) is 39.3 Å². The lowest BCUT2D eigenvalue weighted by molar-refractivity contribution is -0.0336. The minimum atomic E-state index is -0.878. The zero-order chi connectivity index (χ0) is 15.2. The average molecular weight is 291 g/mol. The molecule has 2 atom stereocenters. The van der Waals surface area contributed by atoms with Crippen LogP contribution in [0.3, 0.4) is 0 Å². The maximum Gasteiger partial charge on any atom is 0.335 e. The van der Waals surface area contributed by atoms with Crippen molar-refractivity contribution in [2.75, 3.05) is 13.2 Å². The largest absolute Gasteiger partial charge is 0.478 e. The lowest BCUT2D eigenvalue weighted by atomic mass is 9.90. The SMILES string of the molecule is CC(C)[C@H]1C[C@@H](CNCc2ccc(C(=O)O)cc2)CCO1. The summed E-state index contributed by atoms with van der Waals surface area (Å²) < 4.78 is 5.79. The van der Waals surface area contributed by atoms with Gasteiger partial charge >= 0.3 is 5.97 Å². The summed E-state index contributed by atoms with van der Waals surface area (Å²) in [5.41, 5.74) is 1.45. The molecule has 0 aromatic heterocycles. The summed E-state index contributed by atoms with van der Waals surface area (Å²) in [6.45, 7) is 7.06. The Hall–Kier alpha value is -1.39. The zero-order valence-corrected chi connectivity index (χ0v) is 12.8. The summed E-state index contributed by atoms with van der Waals surface area (Å²) in [6, 6.07) is 7.06. The van der Waals surface area contributed by atoms with Crippen LogP contribution in [0.25, 0.3) is 0 Å². The van der Waals surface area contributed by atoms with Crippen molar-refractivity contribution in [1.29, 1.82) is 0 Å². The van der Waals surface area contributed by atoms with Crippen LogP contribution in [0.4, 0.5) is 0 Å². The van der Waals surface area contributed by atoms with Crippen LogP contribution in [0, 0.1) is 11.8 Å². The number of rotatable bonds is 6. The molecule has 0 unspecified atom stereocenters. The first-order valence-electron chi connectivity index (χ1n) is 7.71. The number of hydrogen-bond acceptors (Lipinski definition) is 3. The highest BCUT2D eigenvalue weighted by molar-refractivity contribution is 5.87. The molecular weight excluding hydrogens is 266 g/mol. The molecule has 1 aromatic rings. The molecule has 0 amide bonds. The second-order valence-electron chi connectivity index (χ2n) is 6.18. The van der Waals surface area contributed by atoms with Crippen LogP contribution in [0.1, 0.15) is 42.6 Å². The predicted octanol–water partition coefficient (Wildman–Crippen LogP) is 2.93. The molecule has 0 aliphatic carbocycles. The molecule has 21 heavy (non-hydrogen) atoms. The third-order valence-electron chi connectivity index (χ3n) is 4.13. The first-order valence-corrected chi connectivity index (χ1v) is 7.71. The Morgan fingerprint density at radius 2 is 2.10 bits per heavy atom. The lowest BCUT2D eigenvalue weighted by Crippen LogP contribution is -2.34. The number of carboxylic acids is 1. The first kappa shape index (κ1) is 16.0. The Balaban J connectivity index is 1.75. The van der Waals surface area contributed by atoms with Gasteiger partial charge in [0, 0.05) is 13.2 Å². The van der Waals surface area contributed by atoms with Gasteiger partial charge in [0.05, 0.1) is 11.7 Å². The summed E-state index contributed by atoms with van der Waals surface area (Å²) >= 11 is 0. The van der Waals surface area contributed by atoms with Gasteiger partial charge in [-0.05, 0) is 48.9 Å². The summed E-state index contributed by atoms with van der Waals surface area (Å²) in [7, 11) is 0. The van der Waals surface area contributed by atoms with Crippen molar-refractivity contribution < 1.29 is 14.6 Å². The number of benzene rings is 1. The highest BCUT2D eigenvalue weighted by Crippen LogP contribution is 2.24. The fourth-order valence-electron chi connectivity index (χ4n) is 2.74. The van der Waals surface area contributed by atoms with Gasteiger partial charge in [-0.1, -0.05) is 26.0 Å². The normalized spacial score (nSPS) is 22.4. The summed E-state index contributed by atoms with van der Waals surface area (Å²) in [5, 5.41) is 12.3. The molecule has 0 saturated carbocycles. The summed E-state index contributed by atoms with van der Waals surface area (Å²) in [5.74, 6) is 0.372. The van der Waals surface area contributed by atoms with E-state index in [4.69, 9.17) is 9.84 Å². The van der Waals surface area contributed by atoms with Crippen molar-refractivity contribution in [2.24, 2.45) is 11.8 Å². The Morgan fingerprint density at radius 3 is 2.71 bits per heavy atom. The molecule has 0 radical (unpaired) electrons. The molecule has 2 rings (SSSR count). The van der Waals surface area contributed by atoms with Crippen LogP contribution in [-0.2, 0) is 11.3 Å². The van der Waals surface area contributed by atoms with Gasteiger partial charge in [0.2, 0.25) is 0 Å². The standard InChI is InChI=1S/C17H25NO3/c1-12(2)16-9-14(7-8-21-16)11-18-10-13-3-5-15(6-4-13)17(19)20/h3-6,12,14,16,18H,7-11H2,1-2H3,(H,19,20)/t14-,16+/m0/s1. The maximum atomic E-state index is 10.8. The van der Waals surface area contributed by atoms with Gasteiger partial charge in [0.1, 0.15) is 0 Å². The van der Waals surface area contributed by atoms with Crippen LogP contribution in [0.5, 0.6) is 0 Å². The average Bonchev–Trinajstić information content (AvgIpc) is 2.48. The van der Waals surface area contributed by atoms with E-state index in [2.05, 4.69) is 19.2 Å². The molecule has 116 valence electrons. The number of carboxylic acid groups (broad SMARTS) is 1. The number of aromatic carboxylic acids is 1. The van der Waals surface area contributed by atoms with Crippen molar-refractivity contribution in [3.63, 3.8) is 0 Å². The van der Waals surface area contributed by atoms with Gasteiger partial charge < -0.3 is 15.2 Å². The second-order valence-corrected chi connectivity index (χ2v) is 6.18. The number of carbonyl (C=O) groups is 1. The smallest absolute Gasteiger partial charge is 0.335 e. The molecule has 1 aromatic carbocycles. The molecule has 4 heteroatoms. The molecule has 1 fully saturated rings. The Morgan fingerprint density at radius 1 is 1.38 bits per heavy atom. The fraction of sp³-hybridized carbons (Fsp3) is 0.588. The summed E-state index contributed by atoms with van der Waals surface area (Å²) in [6.07, 6.45) is 2.64. The van der Waals surface area contributed by atoms with Gasteiger partial charge in [-0.25, -0.2) is 4.79 Å². The van der Waals surface area contributed by atoms with E-state index in [9.17, 15) is 4.79 Å². The highest BCUT2D eigenvalue weighted by Gasteiger charge is 2.24. The van der Waals surface area contributed by atoms with Crippen LogP contribution in [0.15, 0.2) is 24.3 Å². The van der Waals surface area contributed by atoms with Crippen LogP contribution < -0.4 is 5.32 Å². The van der Waals surface area contributed by atoms with Gasteiger partial charge in [0.15, 0.2) is 0 Å². The molecule has 1 aliphatic heterocycles. The molecule has 1 aliphatic rings. The molecular formula is C17H25NO3. The molecule has 0 bridgehead atoms. The molecule has 1 heterocycles. The Labute approximate surface area is 126 Å². The van der Waals surface area contributed by atoms with Gasteiger partial charge in [-0.15, -0.1) is 0 Å². The van der Waals surface area contributed by atoms with Crippen LogP contribution in [-0.4, -0.2) is 30.3 Å². The third-order valence-corrected chi connectivity index (χ3v) is 4.13. The monoisotopic (exact) mass is 291 g/mol. The highest BCUT2D eigenvalue weighted by atomic mass is 16.5. The lowest BCUT2D eigenvalue weighted by Gasteiger charge is -2.32. The third kappa shape index (κ3) is 4.83. The van der Waals surface area contributed by atoms with Gasteiger partial charge in [-0.3, -0.25) is 0 Å². The fourth-order valence-corrected chi connectivity index (χ4v) is 2.74. The van der Waals surface area contributed by atoms with Crippen molar-refractivity contribution >= 4 is 5.97 Å². The van der Waals surface area contributed by atoms with Gasteiger partial charge in [0.25, 0.3) is 0 Å². The van der Waals surface area contributed by atoms with E-state index in [1.165, 1.54) is 0 Å². The van der Waals surface area contributed by atoms with Crippen LogP contribution >= 0.6 is 0 Å². The molecule has 4 nitrogen and oxygen atoms in total. The van der Waals surface area contributed by atoms with E-state index in [0.717, 1.165) is 38.1 Å². The van der Waals surface area contributed by atoms with E-state index in [1.807, 2.05) is 12.1 Å². The molecule has 1 saturated heterocycles. The van der Waals surface area contributed by atoms with E-state index in [-0.39, 0.29) is 0 Å². The number of hydrogen-bond donors (Lipinski definition) is 2. The minimum Gasteiger partial charge on any atom is -0.478 e.